The third-order valence-electron chi connectivity index (χ3n) is 4.92. The van der Waals surface area contributed by atoms with Crippen molar-refractivity contribution in [1.29, 1.82) is 0 Å². The zero-order valence-electron chi connectivity index (χ0n) is 17.8. The molecule has 1 unspecified atom stereocenters. The van der Waals surface area contributed by atoms with Crippen LogP contribution in [-0.2, 0) is 23.1 Å². The van der Waals surface area contributed by atoms with Crippen molar-refractivity contribution >= 4 is 28.5 Å². The van der Waals surface area contributed by atoms with Crippen molar-refractivity contribution in [3.05, 3.63) is 69.5 Å². The van der Waals surface area contributed by atoms with Crippen LogP contribution in [-0.4, -0.2) is 57.9 Å². The second-order valence-electron chi connectivity index (χ2n) is 7.16. The average molecular weight is 494 g/mol. The summed E-state index contributed by atoms with van der Waals surface area (Å²) in [5.74, 6) is -3.88. The molecule has 35 heavy (non-hydrogen) atoms. The number of nitrogens with zero attached hydrogens (tertiary/aromatic N) is 5. The molecule has 0 fully saturated rings. The minimum atomic E-state index is -5.08. The van der Waals surface area contributed by atoms with Crippen LogP contribution >= 0.6 is 0 Å². The Labute approximate surface area is 192 Å². The number of nitrogens with two attached hydrogens (primary N) is 1. The highest BCUT2D eigenvalue weighted by atomic mass is 19.4. The van der Waals surface area contributed by atoms with Crippen molar-refractivity contribution in [2.45, 2.75) is 18.6 Å². The molecule has 4 N–H and O–H groups in total. The van der Waals surface area contributed by atoms with Crippen LogP contribution in [0.4, 0.5) is 13.2 Å². The highest BCUT2D eigenvalue weighted by molar-refractivity contribution is 5.77. The SMILES string of the molecule is Cn1c(=O)n(-c2ccc(CC(N)C(=O)O)n3ccnc23)c(=O)c2ccncc21.O=C(O)C(F)(F)F. The van der Waals surface area contributed by atoms with Crippen molar-refractivity contribution < 1.29 is 33.0 Å². The van der Waals surface area contributed by atoms with Crippen LogP contribution in [0.3, 0.4) is 0 Å². The third-order valence-corrected chi connectivity index (χ3v) is 4.92. The van der Waals surface area contributed by atoms with Crippen molar-refractivity contribution in [3.63, 3.8) is 0 Å². The van der Waals surface area contributed by atoms with Crippen LogP contribution in [0.2, 0.25) is 0 Å². The summed E-state index contributed by atoms with van der Waals surface area (Å²) < 4.78 is 35.8. The topological polar surface area (TPSA) is 175 Å². The molecule has 1 atom stereocenters. The summed E-state index contributed by atoms with van der Waals surface area (Å²) >= 11 is 0. The van der Waals surface area contributed by atoms with Gasteiger partial charge in [-0.1, -0.05) is 0 Å². The highest BCUT2D eigenvalue weighted by Gasteiger charge is 2.38. The number of carboxylic acid groups (broad SMARTS) is 2. The maximum Gasteiger partial charge on any atom is 0.490 e. The van der Waals surface area contributed by atoms with E-state index in [9.17, 15) is 27.6 Å². The number of hydrogen-bond donors (Lipinski definition) is 3. The number of imidazole rings is 1. The maximum atomic E-state index is 13.0. The van der Waals surface area contributed by atoms with Gasteiger partial charge in [0.25, 0.3) is 5.56 Å². The first-order chi connectivity index (χ1) is 16.3. The molecule has 4 aromatic rings. The zero-order valence-corrected chi connectivity index (χ0v) is 17.8. The van der Waals surface area contributed by atoms with E-state index in [1.807, 2.05) is 0 Å². The quantitative estimate of drug-likeness (QED) is 0.361. The van der Waals surface area contributed by atoms with E-state index in [4.69, 9.17) is 20.7 Å². The van der Waals surface area contributed by atoms with Crippen molar-refractivity contribution in [2.75, 3.05) is 0 Å². The van der Waals surface area contributed by atoms with E-state index in [0.717, 1.165) is 4.57 Å². The molecule has 0 aromatic carbocycles. The van der Waals surface area contributed by atoms with Gasteiger partial charge in [0.2, 0.25) is 0 Å². The van der Waals surface area contributed by atoms with E-state index < -0.39 is 35.4 Å². The molecule has 0 aliphatic carbocycles. The molecular weight excluding hydrogens is 477 g/mol. The number of pyridine rings is 2. The maximum absolute atomic E-state index is 13.0. The summed E-state index contributed by atoms with van der Waals surface area (Å²) in [7, 11) is 1.56. The number of carbonyl (C=O) groups is 2. The third kappa shape index (κ3) is 4.89. The van der Waals surface area contributed by atoms with Crippen LogP contribution in [0.25, 0.3) is 22.2 Å². The van der Waals surface area contributed by atoms with Gasteiger partial charge in [-0.2, -0.15) is 13.2 Å². The Morgan fingerprint density at radius 2 is 1.80 bits per heavy atom. The van der Waals surface area contributed by atoms with Gasteiger partial charge in [0, 0.05) is 37.8 Å². The molecule has 4 rings (SSSR count). The number of carboxylic acids is 2. The van der Waals surface area contributed by atoms with E-state index in [0.29, 0.717) is 27.9 Å². The Balaban J connectivity index is 0.000000429. The number of hydrogen-bond acceptors (Lipinski definition) is 7. The van der Waals surface area contributed by atoms with Gasteiger partial charge < -0.3 is 20.3 Å². The van der Waals surface area contributed by atoms with Crippen LogP contribution in [0, 0.1) is 0 Å². The molecule has 0 amide bonds. The van der Waals surface area contributed by atoms with E-state index in [1.54, 1.807) is 35.8 Å². The lowest BCUT2D eigenvalue weighted by atomic mass is 10.1. The van der Waals surface area contributed by atoms with Crippen LogP contribution in [0.15, 0.2) is 52.6 Å². The van der Waals surface area contributed by atoms with Gasteiger partial charge in [0.15, 0.2) is 5.65 Å². The predicted octanol–water partition coefficient (Wildman–Crippen LogP) is 0.320. The number of halogens is 3. The normalized spacial score (nSPS) is 12.3. The minimum absolute atomic E-state index is 0.0682. The molecule has 0 spiro atoms. The molecular formula is C20H17F3N6O6. The summed E-state index contributed by atoms with van der Waals surface area (Å²) in [5.41, 5.74) is 6.29. The molecule has 0 saturated carbocycles. The first kappa shape index (κ1) is 25.1. The summed E-state index contributed by atoms with van der Waals surface area (Å²) in [4.78, 5) is 54.1. The summed E-state index contributed by atoms with van der Waals surface area (Å²) in [6.45, 7) is 0. The molecule has 0 aliphatic heterocycles. The number of rotatable bonds is 4. The van der Waals surface area contributed by atoms with Gasteiger partial charge >= 0.3 is 23.8 Å². The van der Waals surface area contributed by atoms with Crippen molar-refractivity contribution in [1.82, 2.24) is 23.5 Å². The molecule has 12 nitrogen and oxygen atoms in total. The average Bonchev–Trinajstić information content (AvgIpc) is 3.29. The summed E-state index contributed by atoms with van der Waals surface area (Å²) in [5, 5.41) is 16.5. The zero-order chi connectivity index (χ0) is 26.1. The van der Waals surface area contributed by atoms with Gasteiger partial charge in [-0.15, -0.1) is 0 Å². The molecule has 0 aliphatic rings. The lowest BCUT2D eigenvalue weighted by Crippen LogP contribution is -2.38. The number of aromatic nitrogens is 5. The number of aryl methyl sites for hydroxylation is 1. The molecule has 184 valence electrons. The van der Waals surface area contributed by atoms with Gasteiger partial charge in [-0.05, 0) is 18.2 Å². The number of fused-ring (bicyclic) bond motifs is 2. The first-order valence-electron chi connectivity index (χ1n) is 9.64. The lowest BCUT2D eigenvalue weighted by molar-refractivity contribution is -0.192. The number of alkyl halides is 3. The Bertz CT molecular complexity index is 1560. The Kier molecular flexibility index (Phi) is 6.72. The predicted molar refractivity (Wildman–Crippen MR) is 114 cm³/mol. The number of aliphatic carboxylic acids is 2. The summed E-state index contributed by atoms with van der Waals surface area (Å²) in [6, 6.07) is 3.67. The Morgan fingerprint density at radius 3 is 2.40 bits per heavy atom. The molecule has 0 radical (unpaired) electrons. The lowest BCUT2D eigenvalue weighted by Gasteiger charge is -2.14. The van der Waals surface area contributed by atoms with Crippen LogP contribution in [0.5, 0.6) is 0 Å². The second-order valence-corrected chi connectivity index (χ2v) is 7.16. The standard InChI is InChI=1S/C18H16N6O4.C2HF3O2/c1-22-14-9-20-5-4-11(14)16(25)24(18(22)28)13-3-2-10(8-12(19)17(26)27)23-7-6-21-15(13)23;3-2(4,5)1(6)7/h2-7,9,12H,8,19H2,1H3,(H,26,27);(H,6,7). The van der Waals surface area contributed by atoms with Crippen LogP contribution < -0.4 is 17.0 Å². The summed E-state index contributed by atoms with van der Waals surface area (Å²) in [6.07, 6.45) is 1.07. The fraction of sp³-hybridized carbons (Fsp3) is 0.200. The second kappa shape index (κ2) is 9.38. The minimum Gasteiger partial charge on any atom is -0.480 e. The van der Waals surface area contributed by atoms with Gasteiger partial charge in [0.05, 0.1) is 22.8 Å². The van der Waals surface area contributed by atoms with Gasteiger partial charge in [0.1, 0.15) is 6.04 Å². The fourth-order valence-corrected chi connectivity index (χ4v) is 3.22. The molecule has 0 saturated heterocycles. The fourth-order valence-electron chi connectivity index (χ4n) is 3.22. The van der Waals surface area contributed by atoms with Crippen molar-refractivity contribution in [2.24, 2.45) is 12.8 Å². The molecule has 4 heterocycles. The van der Waals surface area contributed by atoms with Crippen LogP contribution in [0.1, 0.15) is 5.69 Å². The van der Waals surface area contributed by atoms with Gasteiger partial charge in [-0.3, -0.25) is 19.1 Å². The van der Waals surface area contributed by atoms with E-state index in [1.165, 1.54) is 23.2 Å². The molecule has 15 heteroatoms. The van der Waals surface area contributed by atoms with E-state index in [-0.39, 0.29) is 6.42 Å². The first-order valence-corrected chi connectivity index (χ1v) is 9.64. The Hall–Kier alpha value is -4.53. The van der Waals surface area contributed by atoms with Gasteiger partial charge in [-0.25, -0.2) is 19.1 Å². The smallest absolute Gasteiger partial charge is 0.480 e. The Morgan fingerprint density at radius 1 is 1.14 bits per heavy atom. The van der Waals surface area contributed by atoms with E-state index in [2.05, 4.69) is 9.97 Å². The monoisotopic (exact) mass is 494 g/mol. The van der Waals surface area contributed by atoms with E-state index >= 15 is 0 Å². The largest absolute Gasteiger partial charge is 0.490 e. The molecule has 4 aromatic heterocycles. The van der Waals surface area contributed by atoms with Crippen molar-refractivity contribution in [3.8, 4) is 5.69 Å². The molecule has 0 bridgehead atoms. The highest BCUT2D eigenvalue weighted by Crippen LogP contribution is 2.17.